The van der Waals surface area contributed by atoms with Crippen LogP contribution in [0.1, 0.15) is 0 Å². The van der Waals surface area contributed by atoms with Crippen LogP contribution in [0.25, 0.3) is 22.4 Å². The van der Waals surface area contributed by atoms with Gasteiger partial charge >= 0.3 is 0 Å². The Hall–Kier alpha value is -1.91. The average Bonchev–Trinajstić information content (AvgIpc) is 2.96. The van der Waals surface area contributed by atoms with Crippen LogP contribution in [-0.4, -0.2) is 5.16 Å². The molecule has 0 aliphatic carbocycles. The number of benzene rings is 1. The lowest BCUT2D eigenvalue weighted by Gasteiger charge is -2.03. The molecule has 3 rings (SSSR count). The van der Waals surface area contributed by atoms with E-state index in [2.05, 4.69) is 5.16 Å². The Morgan fingerprint density at radius 2 is 1.84 bits per heavy atom. The molecule has 96 valence electrons. The molecule has 0 atom stereocenters. The Morgan fingerprint density at radius 1 is 1.05 bits per heavy atom. The first kappa shape index (κ1) is 12.1. The van der Waals surface area contributed by atoms with Crippen molar-refractivity contribution in [2.75, 3.05) is 5.73 Å². The monoisotopic (exact) mass is 294 g/mol. The first-order valence-corrected chi connectivity index (χ1v) is 6.17. The molecule has 0 saturated heterocycles. The largest absolute Gasteiger partial charge is 0.452 e. The predicted molar refractivity (Wildman–Crippen MR) is 74.1 cm³/mol. The van der Waals surface area contributed by atoms with Crippen LogP contribution in [0.5, 0.6) is 0 Å². The van der Waals surface area contributed by atoms with E-state index in [0.717, 1.165) is 5.56 Å². The molecule has 0 amide bonds. The van der Waals surface area contributed by atoms with E-state index in [0.29, 0.717) is 21.8 Å². The van der Waals surface area contributed by atoms with Crippen molar-refractivity contribution >= 4 is 29.1 Å². The lowest BCUT2D eigenvalue weighted by atomic mass is 10.0. The van der Waals surface area contributed by atoms with E-state index < -0.39 is 0 Å². The van der Waals surface area contributed by atoms with Crippen LogP contribution in [0.15, 0.2) is 45.5 Å². The fourth-order valence-corrected chi connectivity index (χ4v) is 2.31. The SMILES string of the molecule is Nc1onc(-c2ccoc2Cl)c1-c1ccccc1Cl. The second-order valence-electron chi connectivity index (χ2n) is 3.86. The molecule has 0 radical (unpaired) electrons. The molecule has 0 unspecified atom stereocenters. The zero-order chi connectivity index (χ0) is 13.4. The quantitative estimate of drug-likeness (QED) is 0.756. The van der Waals surface area contributed by atoms with E-state index in [4.69, 9.17) is 37.9 Å². The Balaban J connectivity index is 2.26. The summed E-state index contributed by atoms with van der Waals surface area (Å²) in [7, 11) is 0. The highest BCUT2D eigenvalue weighted by Gasteiger charge is 2.22. The number of furan rings is 1. The molecule has 2 heterocycles. The van der Waals surface area contributed by atoms with Gasteiger partial charge in [-0.2, -0.15) is 0 Å². The lowest BCUT2D eigenvalue weighted by molar-refractivity contribution is 0.439. The van der Waals surface area contributed by atoms with E-state index in [-0.39, 0.29) is 11.1 Å². The van der Waals surface area contributed by atoms with Gasteiger partial charge in [-0.25, -0.2) is 0 Å². The second-order valence-corrected chi connectivity index (χ2v) is 4.61. The van der Waals surface area contributed by atoms with Gasteiger partial charge in [0, 0.05) is 10.6 Å². The second kappa shape index (κ2) is 4.64. The summed E-state index contributed by atoms with van der Waals surface area (Å²) in [6, 6.07) is 8.99. The van der Waals surface area contributed by atoms with Gasteiger partial charge in [0.1, 0.15) is 5.69 Å². The fourth-order valence-electron chi connectivity index (χ4n) is 1.87. The highest BCUT2D eigenvalue weighted by atomic mass is 35.5. The predicted octanol–water partition coefficient (Wildman–Crippen LogP) is 4.49. The van der Waals surface area contributed by atoms with Crippen LogP contribution in [-0.2, 0) is 0 Å². The number of aromatic nitrogens is 1. The standard InChI is InChI=1S/C13H8Cl2N2O2/c14-9-4-2-1-3-7(9)10-11(17-19-13(10)16)8-5-6-18-12(8)15/h1-6H,16H2. The summed E-state index contributed by atoms with van der Waals surface area (Å²) < 4.78 is 10.1. The summed E-state index contributed by atoms with van der Waals surface area (Å²) in [5.41, 5.74) is 8.29. The number of rotatable bonds is 2. The Labute approximate surface area is 118 Å². The molecule has 3 aromatic rings. The van der Waals surface area contributed by atoms with Gasteiger partial charge in [0.2, 0.25) is 11.1 Å². The van der Waals surface area contributed by atoms with E-state index in [9.17, 15) is 0 Å². The van der Waals surface area contributed by atoms with Crippen molar-refractivity contribution in [3.05, 3.63) is 46.8 Å². The number of nitrogens with two attached hydrogens (primary N) is 1. The fraction of sp³-hybridized carbons (Fsp3) is 0. The molecule has 0 fully saturated rings. The zero-order valence-electron chi connectivity index (χ0n) is 9.56. The highest BCUT2D eigenvalue weighted by molar-refractivity contribution is 6.34. The van der Waals surface area contributed by atoms with Crippen molar-refractivity contribution in [2.45, 2.75) is 0 Å². The molecule has 4 nitrogen and oxygen atoms in total. The van der Waals surface area contributed by atoms with Gasteiger partial charge < -0.3 is 14.7 Å². The molecule has 2 N–H and O–H groups in total. The molecule has 0 saturated carbocycles. The van der Waals surface area contributed by atoms with E-state index in [1.807, 2.05) is 18.2 Å². The van der Waals surface area contributed by atoms with Crippen molar-refractivity contribution in [2.24, 2.45) is 0 Å². The molecule has 6 heteroatoms. The van der Waals surface area contributed by atoms with Crippen LogP contribution in [0.3, 0.4) is 0 Å². The maximum atomic E-state index is 6.18. The topological polar surface area (TPSA) is 65.2 Å². The number of nitrogen functional groups attached to an aromatic ring is 1. The van der Waals surface area contributed by atoms with Gasteiger partial charge in [-0.3, -0.25) is 0 Å². The van der Waals surface area contributed by atoms with Crippen molar-refractivity contribution in [1.29, 1.82) is 0 Å². The molecule has 0 aliphatic rings. The van der Waals surface area contributed by atoms with E-state index in [1.54, 1.807) is 12.1 Å². The number of hydrogen-bond acceptors (Lipinski definition) is 4. The van der Waals surface area contributed by atoms with Crippen LogP contribution in [0, 0.1) is 0 Å². The minimum Gasteiger partial charge on any atom is -0.452 e. The first-order valence-electron chi connectivity index (χ1n) is 5.42. The number of nitrogens with zero attached hydrogens (tertiary/aromatic N) is 1. The van der Waals surface area contributed by atoms with Crippen LogP contribution >= 0.6 is 23.2 Å². The molecule has 1 aromatic carbocycles. The number of halogens is 2. The summed E-state index contributed by atoms with van der Waals surface area (Å²) >= 11 is 12.1. The first-order chi connectivity index (χ1) is 9.18. The summed E-state index contributed by atoms with van der Waals surface area (Å²) in [5, 5.41) is 4.71. The van der Waals surface area contributed by atoms with Gasteiger partial charge in [-0.05, 0) is 23.7 Å². The van der Waals surface area contributed by atoms with Crippen LogP contribution < -0.4 is 5.73 Å². The summed E-state index contributed by atoms with van der Waals surface area (Å²) in [6.45, 7) is 0. The van der Waals surface area contributed by atoms with Crippen molar-refractivity contribution in [3.8, 4) is 22.4 Å². The molecule has 0 bridgehead atoms. The minimum absolute atomic E-state index is 0.181. The summed E-state index contributed by atoms with van der Waals surface area (Å²) in [4.78, 5) is 0. The van der Waals surface area contributed by atoms with Gasteiger partial charge in [0.25, 0.3) is 0 Å². The van der Waals surface area contributed by atoms with Gasteiger partial charge in [0.15, 0.2) is 0 Å². The van der Waals surface area contributed by atoms with Gasteiger partial charge in [-0.1, -0.05) is 35.0 Å². The molecular weight excluding hydrogens is 287 g/mol. The molecule has 0 aliphatic heterocycles. The van der Waals surface area contributed by atoms with E-state index >= 15 is 0 Å². The third kappa shape index (κ3) is 1.99. The Bertz CT molecular complexity index is 734. The Kier molecular flexibility index (Phi) is 2.97. The van der Waals surface area contributed by atoms with Crippen LogP contribution in [0.4, 0.5) is 5.88 Å². The van der Waals surface area contributed by atoms with Crippen LogP contribution in [0.2, 0.25) is 10.2 Å². The Morgan fingerprint density at radius 3 is 2.53 bits per heavy atom. The molecular formula is C13H8Cl2N2O2. The average molecular weight is 295 g/mol. The van der Waals surface area contributed by atoms with Gasteiger partial charge in [0.05, 0.1) is 17.4 Å². The smallest absolute Gasteiger partial charge is 0.230 e. The maximum absolute atomic E-state index is 6.18. The number of hydrogen-bond donors (Lipinski definition) is 1. The zero-order valence-corrected chi connectivity index (χ0v) is 11.1. The highest BCUT2D eigenvalue weighted by Crippen LogP contribution is 2.41. The number of anilines is 1. The van der Waals surface area contributed by atoms with Crippen molar-refractivity contribution in [1.82, 2.24) is 5.16 Å². The molecule has 19 heavy (non-hydrogen) atoms. The maximum Gasteiger partial charge on any atom is 0.230 e. The molecule has 2 aromatic heterocycles. The van der Waals surface area contributed by atoms with Crippen molar-refractivity contribution in [3.63, 3.8) is 0 Å². The third-order valence-corrected chi connectivity index (χ3v) is 3.36. The summed E-state index contributed by atoms with van der Waals surface area (Å²) in [5.74, 6) is 0.181. The summed E-state index contributed by atoms with van der Waals surface area (Å²) in [6.07, 6.45) is 1.47. The minimum atomic E-state index is 0.181. The lowest BCUT2D eigenvalue weighted by Crippen LogP contribution is -1.88. The van der Waals surface area contributed by atoms with E-state index in [1.165, 1.54) is 6.26 Å². The normalized spacial score (nSPS) is 10.8. The third-order valence-electron chi connectivity index (χ3n) is 2.73. The van der Waals surface area contributed by atoms with Gasteiger partial charge in [-0.15, -0.1) is 0 Å². The van der Waals surface area contributed by atoms with Crippen molar-refractivity contribution < 1.29 is 8.94 Å². The molecule has 0 spiro atoms.